The first-order chi connectivity index (χ1) is 10.2. The highest BCUT2D eigenvalue weighted by molar-refractivity contribution is 9.10. The molecule has 1 aromatic carbocycles. The molecule has 2 aliphatic rings. The molecule has 1 saturated carbocycles. The minimum Gasteiger partial charge on any atom is -0.493 e. The molecule has 1 fully saturated rings. The van der Waals surface area contributed by atoms with Crippen LogP contribution in [0.15, 0.2) is 16.6 Å². The van der Waals surface area contributed by atoms with Gasteiger partial charge in [-0.15, -0.1) is 0 Å². The molecule has 1 N–H and O–H groups in total. The average Bonchev–Trinajstić information content (AvgIpc) is 3.06. The first kappa shape index (κ1) is 15.4. The zero-order valence-electron chi connectivity index (χ0n) is 13.1. The number of ether oxygens (including phenoxy) is 1. The molecule has 1 aliphatic heterocycles. The quantitative estimate of drug-likeness (QED) is 0.851. The van der Waals surface area contributed by atoms with Gasteiger partial charge in [-0.05, 0) is 60.9 Å². The van der Waals surface area contributed by atoms with Crippen molar-refractivity contribution in [3.05, 3.63) is 27.7 Å². The second-order valence-electron chi connectivity index (χ2n) is 6.70. The van der Waals surface area contributed by atoms with E-state index in [0.29, 0.717) is 6.04 Å². The minimum atomic E-state index is 0.586. The van der Waals surface area contributed by atoms with Crippen molar-refractivity contribution in [1.82, 2.24) is 5.32 Å². The summed E-state index contributed by atoms with van der Waals surface area (Å²) >= 11 is 3.66. The molecule has 0 saturated heterocycles. The maximum absolute atomic E-state index is 5.90. The zero-order chi connectivity index (χ0) is 14.8. The van der Waals surface area contributed by atoms with Crippen molar-refractivity contribution in [2.24, 2.45) is 11.8 Å². The smallest absolute Gasteiger partial charge is 0.125 e. The van der Waals surface area contributed by atoms with Crippen LogP contribution in [0.5, 0.6) is 5.75 Å². The van der Waals surface area contributed by atoms with Gasteiger partial charge in [0, 0.05) is 16.9 Å². The van der Waals surface area contributed by atoms with E-state index in [2.05, 4.69) is 47.2 Å². The van der Waals surface area contributed by atoms with Crippen LogP contribution in [0.2, 0.25) is 0 Å². The highest BCUT2D eigenvalue weighted by atomic mass is 79.9. The molecule has 1 aliphatic carbocycles. The number of halogens is 1. The van der Waals surface area contributed by atoms with Gasteiger partial charge in [0.1, 0.15) is 5.75 Å². The molecule has 3 unspecified atom stereocenters. The topological polar surface area (TPSA) is 21.3 Å². The Bertz CT molecular complexity index is 502. The highest BCUT2D eigenvalue weighted by Crippen LogP contribution is 2.37. The number of likely N-dealkylation sites (N-methyl/N-ethyl adjacent to an activating group) is 1. The van der Waals surface area contributed by atoms with Crippen LogP contribution >= 0.6 is 15.9 Å². The zero-order valence-corrected chi connectivity index (χ0v) is 14.7. The monoisotopic (exact) mass is 351 g/mol. The molecule has 0 radical (unpaired) electrons. The fourth-order valence-corrected chi connectivity index (χ4v) is 4.57. The molecule has 0 amide bonds. The Morgan fingerprint density at radius 1 is 1.38 bits per heavy atom. The first-order valence-electron chi connectivity index (χ1n) is 8.34. The van der Waals surface area contributed by atoms with E-state index in [1.54, 1.807) is 0 Å². The van der Waals surface area contributed by atoms with Gasteiger partial charge in [-0.2, -0.15) is 0 Å². The summed E-state index contributed by atoms with van der Waals surface area (Å²) in [6.07, 6.45) is 6.27. The third kappa shape index (κ3) is 3.45. The van der Waals surface area contributed by atoms with Gasteiger partial charge in [0.05, 0.1) is 6.61 Å². The van der Waals surface area contributed by atoms with Crippen molar-refractivity contribution in [3.63, 3.8) is 0 Å². The lowest BCUT2D eigenvalue weighted by atomic mass is 9.90. The van der Waals surface area contributed by atoms with E-state index >= 15 is 0 Å². The van der Waals surface area contributed by atoms with Gasteiger partial charge >= 0.3 is 0 Å². The maximum Gasteiger partial charge on any atom is 0.125 e. The van der Waals surface area contributed by atoms with Gasteiger partial charge in [0.2, 0.25) is 0 Å². The van der Waals surface area contributed by atoms with Crippen molar-refractivity contribution in [3.8, 4) is 5.75 Å². The van der Waals surface area contributed by atoms with Gasteiger partial charge < -0.3 is 10.1 Å². The molecule has 0 bridgehead atoms. The van der Waals surface area contributed by atoms with E-state index in [1.807, 2.05) is 0 Å². The number of hydrogen-bond acceptors (Lipinski definition) is 2. The van der Waals surface area contributed by atoms with Gasteiger partial charge in [-0.25, -0.2) is 0 Å². The molecule has 116 valence electrons. The lowest BCUT2D eigenvalue weighted by Crippen LogP contribution is -2.37. The van der Waals surface area contributed by atoms with Crippen LogP contribution in [0.1, 0.15) is 44.2 Å². The molecule has 3 heteroatoms. The standard InChI is InChI=1S/C18H26BrNO/c1-3-20-17(13-5-4-12(2)8-13)11-15-10-16(19)9-14-6-7-21-18(14)15/h9-10,12-13,17,20H,3-8,11H2,1-2H3. The predicted molar refractivity (Wildman–Crippen MR) is 91.0 cm³/mol. The number of benzene rings is 1. The Hall–Kier alpha value is -0.540. The van der Waals surface area contributed by atoms with E-state index in [4.69, 9.17) is 4.74 Å². The van der Waals surface area contributed by atoms with Crippen molar-refractivity contribution in [1.29, 1.82) is 0 Å². The summed E-state index contributed by atoms with van der Waals surface area (Å²) in [5.41, 5.74) is 2.75. The van der Waals surface area contributed by atoms with Crippen molar-refractivity contribution < 1.29 is 4.74 Å². The first-order valence-corrected chi connectivity index (χ1v) is 9.14. The van der Waals surface area contributed by atoms with Gasteiger partial charge in [-0.1, -0.05) is 36.2 Å². The number of fused-ring (bicyclic) bond motifs is 1. The summed E-state index contributed by atoms with van der Waals surface area (Å²) in [4.78, 5) is 0. The Morgan fingerprint density at radius 2 is 2.24 bits per heavy atom. The Balaban J connectivity index is 1.80. The summed E-state index contributed by atoms with van der Waals surface area (Å²) in [6, 6.07) is 5.06. The fraction of sp³-hybridized carbons (Fsp3) is 0.667. The molecule has 0 spiro atoms. The predicted octanol–water partition coefficient (Wildman–Crippen LogP) is 4.34. The van der Waals surface area contributed by atoms with Crippen molar-refractivity contribution in [2.45, 2.75) is 52.0 Å². The Morgan fingerprint density at radius 3 is 2.95 bits per heavy atom. The van der Waals surface area contributed by atoms with E-state index < -0.39 is 0 Å². The van der Waals surface area contributed by atoms with E-state index in [0.717, 1.165) is 43.6 Å². The molecule has 2 nitrogen and oxygen atoms in total. The summed E-state index contributed by atoms with van der Waals surface area (Å²) < 4.78 is 7.09. The summed E-state index contributed by atoms with van der Waals surface area (Å²) in [6.45, 7) is 6.49. The number of nitrogens with one attached hydrogen (secondary N) is 1. The van der Waals surface area contributed by atoms with Crippen LogP contribution in [0.25, 0.3) is 0 Å². The molecule has 1 aromatic rings. The molecule has 1 heterocycles. The fourth-order valence-electron chi connectivity index (χ4n) is 4.02. The third-order valence-electron chi connectivity index (χ3n) is 5.04. The second-order valence-corrected chi connectivity index (χ2v) is 7.61. The maximum atomic E-state index is 5.90. The molecule has 3 rings (SSSR count). The van der Waals surface area contributed by atoms with Crippen LogP contribution < -0.4 is 10.1 Å². The molecule has 21 heavy (non-hydrogen) atoms. The normalized spacial score (nSPS) is 25.7. The second kappa shape index (κ2) is 6.70. The van der Waals surface area contributed by atoms with Crippen LogP contribution in [0.4, 0.5) is 0 Å². The van der Waals surface area contributed by atoms with Crippen molar-refractivity contribution >= 4 is 15.9 Å². The number of rotatable bonds is 5. The Labute approximate surface area is 136 Å². The molecular formula is C18H26BrNO. The lowest BCUT2D eigenvalue weighted by molar-refractivity contribution is 0.334. The van der Waals surface area contributed by atoms with Gasteiger partial charge in [0.25, 0.3) is 0 Å². The SMILES string of the molecule is CCNC(Cc1cc(Br)cc2c1OCC2)C1CCC(C)C1. The number of hydrogen-bond donors (Lipinski definition) is 1. The van der Waals surface area contributed by atoms with Crippen LogP contribution in [-0.4, -0.2) is 19.2 Å². The van der Waals surface area contributed by atoms with Gasteiger partial charge in [-0.3, -0.25) is 0 Å². The molecule has 3 atom stereocenters. The average molecular weight is 352 g/mol. The van der Waals surface area contributed by atoms with Crippen LogP contribution in [-0.2, 0) is 12.8 Å². The van der Waals surface area contributed by atoms with Gasteiger partial charge in [0.15, 0.2) is 0 Å². The molecular weight excluding hydrogens is 326 g/mol. The Kier molecular flexibility index (Phi) is 4.90. The lowest BCUT2D eigenvalue weighted by Gasteiger charge is -2.25. The highest BCUT2D eigenvalue weighted by Gasteiger charge is 2.30. The third-order valence-corrected chi connectivity index (χ3v) is 5.49. The summed E-state index contributed by atoms with van der Waals surface area (Å²) in [5, 5.41) is 3.73. The molecule has 0 aromatic heterocycles. The van der Waals surface area contributed by atoms with E-state index in [9.17, 15) is 0 Å². The largest absolute Gasteiger partial charge is 0.493 e. The van der Waals surface area contributed by atoms with E-state index in [1.165, 1.54) is 34.9 Å². The van der Waals surface area contributed by atoms with Crippen LogP contribution in [0.3, 0.4) is 0 Å². The van der Waals surface area contributed by atoms with Crippen LogP contribution in [0, 0.1) is 11.8 Å². The summed E-state index contributed by atoms with van der Waals surface area (Å²) in [5.74, 6) is 2.86. The minimum absolute atomic E-state index is 0.586. The summed E-state index contributed by atoms with van der Waals surface area (Å²) in [7, 11) is 0. The van der Waals surface area contributed by atoms with E-state index in [-0.39, 0.29) is 0 Å². The van der Waals surface area contributed by atoms with Crippen molar-refractivity contribution in [2.75, 3.05) is 13.2 Å².